The maximum absolute atomic E-state index is 10.8. The SMILES string of the molecule is Cc1nn(COC(=O)CBr)c(C)c1Cl. The number of carbonyl (C=O) groups excluding carboxylic acids is 1. The van der Waals surface area contributed by atoms with Crippen LogP contribution in [0.4, 0.5) is 0 Å². The second kappa shape index (κ2) is 4.79. The average molecular weight is 282 g/mol. The van der Waals surface area contributed by atoms with Gasteiger partial charge in [-0.3, -0.25) is 4.79 Å². The number of carbonyl (C=O) groups is 1. The minimum Gasteiger partial charge on any atom is -0.442 e. The number of aromatic nitrogens is 2. The van der Waals surface area contributed by atoms with Crippen molar-refractivity contribution in [3.63, 3.8) is 0 Å². The van der Waals surface area contributed by atoms with Crippen molar-refractivity contribution in [2.75, 3.05) is 5.33 Å². The van der Waals surface area contributed by atoms with Gasteiger partial charge in [-0.05, 0) is 13.8 Å². The summed E-state index contributed by atoms with van der Waals surface area (Å²) in [7, 11) is 0. The van der Waals surface area contributed by atoms with E-state index in [0.29, 0.717) is 5.02 Å². The molecule has 0 atom stereocenters. The van der Waals surface area contributed by atoms with E-state index in [9.17, 15) is 4.79 Å². The molecule has 0 saturated heterocycles. The van der Waals surface area contributed by atoms with Gasteiger partial charge in [-0.2, -0.15) is 5.10 Å². The van der Waals surface area contributed by atoms with E-state index in [-0.39, 0.29) is 18.0 Å². The Bertz CT molecular complexity index is 351. The van der Waals surface area contributed by atoms with Crippen molar-refractivity contribution >= 4 is 33.5 Å². The largest absolute Gasteiger partial charge is 0.442 e. The van der Waals surface area contributed by atoms with Crippen molar-refractivity contribution < 1.29 is 9.53 Å². The predicted molar refractivity (Wildman–Crippen MR) is 56.6 cm³/mol. The second-order valence-corrected chi connectivity index (χ2v) is 3.70. The molecule has 0 saturated carbocycles. The molecule has 6 heteroatoms. The van der Waals surface area contributed by atoms with Crippen molar-refractivity contribution in [2.45, 2.75) is 20.6 Å². The number of halogens is 2. The van der Waals surface area contributed by atoms with Crippen LogP contribution in [0, 0.1) is 13.8 Å². The van der Waals surface area contributed by atoms with Crippen LogP contribution in [0.1, 0.15) is 11.4 Å². The first-order valence-corrected chi connectivity index (χ1v) is 5.47. The van der Waals surface area contributed by atoms with Crippen molar-refractivity contribution in [3.05, 3.63) is 16.4 Å². The smallest absolute Gasteiger partial charge is 0.318 e. The molecule has 14 heavy (non-hydrogen) atoms. The molecule has 0 bridgehead atoms. The summed E-state index contributed by atoms with van der Waals surface area (Å²) in [5.41, 5.74) is 1.53. The Morgan fingerprint density at radius 2 is 2.29 bits per heavy atom. The van der Waals surface area contributed by atoms with E-state index in [4.69, 9.17) is 16.3 Å². The Morgan fingerprint density at radius 3 is 2.71 bits per heavy atom. The maximum atomic E-state index is 10.8. The predicted octanol–water partition coefficient (Wildman–Crippen LogP) is 2.05. The molecule has 0 aliphatic rings. The summed E-state index contributed by atoms with van der Waals surface area (Å²) in [5, 5.41) is 4.90. The van der Waals surface area contributed by atoms with Crippen LogP contribution in [-0.4, -0.2) is 21.1 Å². The third kappa shape index (κ3) is 2.48. The maximum Gasteiger partial charge on any atom is 0.318 e. The lowest BCUT2D eigenvalue weighted by Crippen LogP contribution is -2.12. The Morgan fingerprint density at radius 1 is 1.64 bits per heavy atom. The number of ether oxygens (including phenoxy) is 1. The van der Waals surface area contributed by atoms with Crippen LogP contribution in [0.5, 0.6) is 0 Å². The van der Waals surface area contributed by atoms with Gasteiger partial charge in [-0.25, -0.2) is 4.68 Å². The number of esters is 1. The van der Waals surface area contributed by atoms with Gasteiger partial charge in [0.2, 0.25) is 0 Å². The van der Waals surface area contributed by atoms with Crippen LogP contribution in [0.3, 0.4) is 0 Å². The molecule has 0 amide bonds. The summed E-state index contributed by atoms with van der Waals surface area (Å²) in [6, 6.07) is 0. The van der Waals surface area contributed by atoms with Crippen LogP contribution in [0.15, 0.2) is 0 Å². The van der Waals surface area contributed by atoms with Crippen LogP contribution in [0.25, 0.3) is 0 Å². The lowest BCUT2D eigenvalue weighted by Gasteiger charge is -2.04. The molecule has 0 N–H and O–H groups in total. The highest BCUT2D eigenvalue weighted by molar-refractivity contribution is 9.09. The van der Waals surface area contributed by atoms with Crippen LogP contribution >= 0.6 is 27.5 Å². The summed E-state index contributed by atoms with van der Waals surface area (Å²) in [5.74, 6) is -0.325. The monoisotopic (exact) mass is 280 g/mol. The van der Waals surface area contributed by atoms with Gasteiger partial charge in [-0.1, -0.05) is 27.5 Å². The van der Waals surface area contributed by atoms with Crippen molar-refractivity contribution in [1.29, 1.82) is 0 Å². The zero-order valence-electron chi connectivity index (χ0n) is 7.88. The topological polar surface area (TPSA) is 44.1 Å². The van der Waals surface area contributed by atoms with Crippen molar-refractivity contribution in [3.8, 4) is 0 Å². The summed E-state index contributed by atoms with van der Waals surface area (Å²) in [6.07, 6.45) is 0. The molecule has 1 aromatic rings. The number of rotatable bonds is 3. The molecule has 0 spiro atoms. The Balaban J connectivity index is 2.68. The molecule has 0 unspecified atom stereocenters. The first-order valence-electron chi connectivity index (χ1n) is 3.97. The first kappa shape index (κ1) is 11.5. The lowest BCUT2D eigenvalue weighted by atomic mass is 10.4. The lowest BCUT2D eigenvalue weighted by molar-refractivity contribution is -0.144. The molecule has 0 aliphatic heterocycles. The second-order valence-electron chi connectivity index (χ2n) is 2.76. The van der Waals surface area contributed by atoms with E-state index in [1.165, 1.54) is 0 Å². The third-order valence-corrected chi connectivity index (χ3v) is 2.75. The summed E-state index contributed by atoms with van der Waals surface area (Å²) < 4.78 is 6.44. The van der Waals surface area contributed by atoms with Gasteiger partial charge in [0.25, 0.3) is 0 Å². The van der Waals surface area contributed by atoms with Gasteiger partial charge in [0, 0.05) is 0 Å². The van der Waals surface area contributed by atoms with E-state index in [2.05, 4.69) is 21.0 Å². The number of hydrogen-bond donors (Lipinski definition) is 0. The molecule has 0 aromatic carbocycles. The minimum atomic E-state index is -0.325. The Kier molecular flexibility index (Phi) is 3.95. The minimum absolute atomic E-state index is 0.101. The number of nitrogens with zero attached hydrogens (tertiary/aromatic N) is 2. The van der Waals surface area contributed by atoms with E-state index < -0.39 is 0 Å². The quantitative estimate of drug-likeness (QED) is 0.629. The number of alkyl halides is 1. The molecule has 4 nitrogen and oxygen atoms in total. The average Bonchev–Trinajstić information content (AvgIpc) is 2.42. The standard InChI is InChI=1S/C8H10BrClN2O2/c1-5-8(10)6(2)12(11-5)4-14-7(13)3-9/h3-4H2,1-2H3. The fraction of sp³-hybridized carbons (Fsp3) is 0.500. The Labute approximate surface area is 95.3 Å². The molecular weight excluding hydrogens is 271 g/mol. The van der Waals surface area contributed by atoms with E-state index in [0.717, 1.165) is 11.4 Å². The molecule has 1 rings (SSSR count). The molecule has 1 heterocycles. The molecular formula is C8H10BrClN2O2. The third-order valence-electron chi connectivity index (χ3n) is 1.75. The van der Waals surface area contributed by atoms with E-state index in [1.54, 1.807) is 11.6 Å². The number of aryl methyl sites for hydroxylation is 1. The molecule has 1 aromatic heterocycles. The van der Waals surface area contributed by atoms with Gasteiger partial charge in [0.15, 0.2) is 6.73 Å². The Hall–Kier alpha value is -0.550. The van der Waals surface area contributed by atoms with Gasteiger partial charge in [0.05, 0.1) is 16.4 Å². The van der Waals surface area contributed by atoms with Gasteiger partial charge in [0.1, 0.15) is 5.33 Å². The van der Waals surface area contributed by atoms with Gasteiger partial charge in [-0.15, -0.1) is 0 Å². The normalized spacial score (nSPS) is 10.3. The van der Waals surface area contributed by atoms with E-state index in [1.807, 2.05) is 6.92 Å². The zero-order valence-corrected chi connectivity index (χ0v) is 10.2. The van der Waals surface area contributed by atoms with Crippen molar-refractivity contribution in [2.24, 2.45) is 0 Å². The summed E-state index contributed by atoms with van der Waals surface area (Å²) >= 11 is 8.91. The fourth-order valence-corrected chi connectivity index (χ4v) is 1.27. The highest BCUT2D eigenvalue weighted by Crippen LogP contribution is 2.18. The van der Waals surface area contributed by atoms with Crippen LogP contribution < -0.4 is 0 Å². The fourth-order valence-electron chi connectivity index (χ4n) is 0.972. The molecule has 0 aliphatic carbocycles. The van der Waals surface area contributed by atoms with E-state index >= 15 is 0 Å². The number of hydrogen-bond acceptors (Lipinski definition) is 3. The highest BCUT2D eigenvalue weighted by atomic mass is 79.9. The molecule has 0 radical (unpaired) electrons. The zero-order chi connectivity index (χ0) is 10.7. The van der Waals surface area contributed by atoms with Crippen molar-refractivity contribution in [1.82, 2.24) is 9.78 Å². The highest BCUT2D eigenvalue weighted by Gasteiger charge is 2.09. The van der Waals surface area contributed by atoms with Gasteiger partial charge >= 0.3 is 5.97 Å². The molecule has 0 fully saturated rings. The summed E-state index contributed by atoms with van der Waals surface area (Å²) in [6.45, 7) is 3.73. The molecule has 78 valence electrons. The summed E-state index contributed by atoms with van der Waals surface area (Å²) in [4.78, 5) is 10.8. The van der Waals surface area contributed by atoms with Crippen LogP contribution in [0.2, 0.25) is 5.02 Å². The first-order chi connectivity index (χ1) is 6.56. The van der Waals surface area contributed by atoms with Gasteiger partial charge < -0.3 is 4.74 Å². The van der Waals surface area contributed by atoms with Crippen LogP contribution in [-0.2, 0) is 16.3 Å².